The van der Waals surface area contributed by atoms with Gasteiger partial charge in [-0.05, 0) is 24.6 Å². The average molecular weight is 229 g/mol. The van der Waals surface area contributed by atoms with Crippen LogP contribution in [0.15, 0.2) is 12.1 Å². The summed E-state index contributed by atoms with van der Waals surface area (Å²) in [5.74, 6) is -0.220. The van der Waals surface area contributed by atoms with Crippen LogP contribution in [0.1, 0.15) is 5.56 Å². The van der Waals surface area contributed by atoms with Crippen LogP contribution in [0.4, 0.5) is 10.1 Å². The predicted octanol–water partition coefficient (Wildman–Crippen LogP) is 2.20. The van der Waals surface area contributed by atoms with Crippen molar-refractivity contribution in [3.05, 3.63) is 28.5 Å². The summed E-state index contributed by atoms with van der Waals surface area (Å²) in [6.45, 7) is 5.21. The minimum atomic E-state index is -0.220. The van der Waals surface area contributed by atoms with Crippen LogP contribution in [-0.2, 0) is 0 Å². The molecule has 1 aromatic rings. The van der Waals surface area contributed by atoms with Gasteiger partial charge in [-0.3, -0.25) is 0 Å². The SMILES string of the molecule is Cc1cc(F)c(N2CCNCC2)c(Cl)c1. The number of nitrogens with zero attached hydrogens (tertiary/aromatic N) is 1. The van der Waals surface area contributed by atoms with Gasteiger partial charge in [-0.15, -0.1) is 0 Å². The number of rotatable bonds is 1. The first kappa shape index (κ1) is 10.7. The Hall–Kier alpha value is -0.800. The molecule has 1 heterocycles. The van der Waals surface area contributed by atoms with Crippen molar-refractivity contribution in [3.8, 4) is 0 Å². The Morgan fingerprint density at radius 3 is 2.60 bits per heavy atom. The molecule has 1 aliphatic rings. The van der Waals surface area contributed by atoms with Crippen molar-refractivity contribution in [3.63, 3.8) is 0 Å². The van der Waals surface area contributed by atoms with Gasteiger partial charge in [-0.2, -0.15) is 0 Å². The molecule has 0 saturated carbocycles. The summed E-state index contributed by atoms with van der Waals surface area (Å²) in [4.78, 5) is 1.99. The van der Waals surface area contributed by atoms with E-state index in [1.54, 1.807) is 0 Å². The zero-order valence-electron chi connectivity index (χ0n) is 8.69. The van der Waals surface area contributed by atoms with Gasteiger partial charge in [-0.25, -0.2) is 4.39 Å². The van der Waals surface area contributed by atoms with Gasteiger partial charge < -0.3 is 10.2 Å². The number of hydrogen-bond donors (Lipinski definition) is 1. The topological polar surface area (TPSA) is 15.3 Å². The quantitative estimate of drug-likeness (QED) is 0.793. The van der Waals surface area contributed by atoms with E-state index in [-0.39, 0.29) is 5.82 Å². The summed E-state index contributed by atoms with van der Waals surface area (Å²) in [6, 6.07) is 3.34. The van der Waals surface area contributed by atoms with E-state index < -0.39 is 0 Å². The maximum Gasteiger partial charge on any atom is 0.148 e. The monoisotopic (exact) mass is 228 g/mol. The molecule has 0 spiro atoms. The highest BCUT2D eigenvalue weighted by molar-refractivity contribution is 6.33. The molecule has 2 nitrogen and oxygen atoms in total. The van der Waals surface area contributed by atoms with Crippen molar-refractivity contribution in [1.82, 2.24) is 5.32 Å². The van der Waals surface area contributed by atoms with E-state index in [4.69, 9.17) is 11.6 Å². The van der Waals surface area contributed by atoms with E-state index >= 15 is 0 Å². The fourth-order valence-electron chi connectivity index (χ4n) is 1.88. The first-order valence-corrected chi connectivity index (χ1v) is 5.47. The van der Waals surface area contributed by atoms with Crippen LogP contribution in [0.25, 0.3) is 0 Å². The Kier molecular flexibility index (Phi) is 3.12. The Bertz CT molecular complexity index is 339. The van der Waals surface area contributed by atoms with E-state index in [2.05, 4.69) is 5.32 Å². The molecular formula is C11H14ClFN2. The van der Waals surface area contributed by atoms with Gasteiger partial charge >= 0.3 is 0 Å². The van der Waals surface area contributed by atoms with Crippen molar-refractivity contribution in [2.24, 2.45) is 0 Å². The summed E-state index contributed by atoms with van der Waals surface area (Å²) in [7, 11) is 0. The second-order valence-corrected chi connectivity index (χ2v) is 4.22. The minimum absolute atomic E-state index is 0.220. The Balaban J connectivity index is 2.33. The number of hydrogen-bond acceptors (Lipinski definition) is 2. The number of benzene rings is 1. The fourth-order valence-corrected chi connectivity index (χ4v) is 2.26. The molecule has 1 fully saturated rings. The fraction of sp³-hybridized carbons (Fsp3) is 0.455. The average Bonchev–Trinajstić information content (AvgIpc) is 2.17. The summed E-state index contributed by atoms with van der Waals surface area (Å²) in [5, 5.41) is 3.74. The second-order valence-electron chi connectivity index (χ2n) is 3.81. The predicted molar refractivity (Wildman–Crippen MR) is 61.2 cm³/mol. The molecule has 0 atom stereocenters. The Morgan fingerprint density at radius 2 is 2.00 bits per heavy atom. The zero-order chi connectivity index (χ0) is 10.8. The Labute approximate surface area is 94.0 Å². The number of anilines is 1. The van der Waals surface area contributed by atoms with Gasteiger partial charge in [0.1, 0.15) is 5.82 Å². The van der Waals surface area contributed by atoms with Crippen molar-refractivity contribution < 1.29 is 4.39 Å². The Morgan fingerprint density at radius 1 is 1.33 bits per heavy atom. The zero-order valence-corrected chi connectivity index (χ0v) is 9.44. The third-order valence-corrected chi connectivity index (χ3v) is 2.88. The lowest BCUT2D eigenvalue weighted by Gasteiger charge is -2.30. The van der Waals surface area contributed by atoms with Gasteiger partial charge in [0.2, 0.25) is 0 Å². The van der Waals surface area contributed by atoms with E-state index in [1.807, 2.05) is 17.9 Å². The highest BCUT2D eigenvalue weighted by atomic mass is 35.5. The molecule has 0 aliphatic carbocycles. The van der Waals surface area contributed by atoms with Crippen molar-refractivity contribution in [1.29, 1.82) is 0 Å². The molecule has 1 aliphatic heterocycles. The molecule has 2 rings (SSSR count). The van der Waals surface area contributed by atoms with Crippen LogP contribution in [0.5, 0.6) is 0 Å². The molecular weight excluding hydrogens is 215 g/mol. The van der Waals surface area contributed by atoms with E-state index in [0.717, 1.165) is 31.7 Å². The van der Waals surface area contributed by atoms with Crippen molar-refractivity contribution >= 4 is 17.3 Å². The van der Waals surface area contributed by atoms with Crippen LogP contribution < -0.4 is 10.2 Å². The molecule has 4 heteroatoms. The van der Waals surface area contributed by atoms with E-state index in [9.17, 15) is 4.39 Å². The highest BCUT2D eigenvalue weighted by Gasteiger charge is 2.17. The smallest absolute Gasteiger partial charge is 0.148 e. The summed E-state index contributed by atoms with van der Waals surface area (Å²) in [6.07, 6.45) is 0. The molecule has 0 bridgehead atoms. The molecule has 1 N–H and O–H groups in total. The summed E-state index contributed by atoms with van der Waals surface area (Å²) in [5.41, 5.74) is 1.40. The second kappa shape index (κ2) is 4.37. The van der Waals surface area contributed by atoms with Crippen LogP contribution in [0.3, 0.4) is 0 Å². The lowest BCUT2D eigenvalue weighted by Crippen LogP contribution is -2.44. The standard InChI is InChI=1S/C11H14ClFN2/c1-8-6-9(12)11(10(13)7-8)15-4-2-14-3-5-15/h6-7,14H,2-5H2,1H3. The molecule has 1 saturated heterocycles. The number of nitrogens with one attached hydrogen (secondary N) is 1. The third-order valence-electron chi connectivity index (χ3n) is 2.59. The first-order valence-electron chi connectivity index (χ1n) is 5.10. The van der Waals surface area contributed by atoms with Crippen molar-refractivity contribution in [2.75, 3.05) is 31.1 Å². The van der Waals surface area contributed by atoms with Gasteiger partial charge in [0, 0.05) is 26.2 Å². The highest BCUT2D eigenvalue weighted by Crippen LogP contribution is 2.30. The van der Waals surface area contributed by atoms with Crippen LogP contribution in [0, 0.1) is 12.7 Å². The maximum atomic E-state index is 13.7. The molecule has 0 radical (unpaired) electrons. The molecule has 82 valence electrons. The van der Waals surface area contributed by atoms with E-state index in [0.29, 0.717) is 10.7 Å². The third kappa shape index (κ3) is 2.24. The summed E-state index contributed by atoms with van der Waals surface area (Å²) >= 11 is 6.07. The van der Waals surface area contributed by atoms with Crippen LogP contribution in [0.2, 0.25) is 5.02 Å². The van der Waals surface area contributed by atoms with E-state index in [1.165, 1.54) is 6.07 Å². The lowest BCUT2D eigenvalue weighted by atomic mass is 10.2. The molecule has 15 heavy (non-hydrogen) atoms. The minimum Gasteiger partial charge on any atom is -0.365 e. The van der Waals surface area contributed by atoms with Crippen LogP contribution >= 0.6 is 11.6 Å². The molecule has 1 aromatic carbocycles. The van der Waals surface area contributed by atoms with Gasteiger partial charge in [0.25, 0.3) is 0 Å². The number of aryl methyl sites for hydroxylation is 1. The number of piperazine rings is 1. The largest absolute Gasteiger partial charge is 0.365 e. The maximum absolute atomic E-state index is 13.7. The molecule has 0 aromatic heterocycles. The molecule has 0 amide bonds. The van der Waals surface area contributed by atoms with Crippen molar-refractivity contribution in [2.45, 2.75) is 6.92 Å². The van der Waals surface area contributed by atoms with Crippen LogP contribution in [-0.4, -0.2) is 26.2 Å². The van der Waals surface area contributed by atoms with Gasteiger partial charge in [0.15, 0.2) is 0 Å². The number of halogens is 2. The summed E-state index contributed by atoms with van der Waals surface area (Å²) < 4.78 is 13.7. The van der Waals surface area contributed by atoms with Gasteiger partial charge in [0.05, 0.1) is 10.7 Å². The molecule has 0 unspecified atom stereocenters. The first-order chi connectivity index (χ1) is 7.18. The van der Waals surface area contributed by atoms with Gasteiger partial charge in [-0.1, -0.05) is 11.6 Å². The lowest BCUT2D eigenvalue weighted by molar-refractivity contribution is 0.566. The normalized spacial score (nSPS) is 16.9.